The molecule has 0 radical (unpaired) electrons. The molecule has 25 heavy (non-hydrogen) atoms. The third-order valence-electron chi connectivity index (χ3n) is 4.08. The van der Waals surface area contributed by atoms with Gasteiger partial charge in [-0.2, -0.15) is 5.26 Å². The van der Waals surface area contributed by atoms with Crippen molar-refractivity contribution in [2.45, 2.75) is 6.92 Å². The quantitative estimate of drug-likeness (QED) is 0.650. The predicted octanol–water partition coefficient (Wildman–Crippen LogP) is 4.73. The Balaban J connectivity index is 1.86. The average molecular weight is 328 g/mol. The van der Waals surface area contributed by atoms with Gasteiger partial charge in [0.15, 0.2) is 0 Å². The molecule has 0 unspecified atom stereocenters. The summed E-state index contributed by atoms with van der Waals surface area (Å²) in [5.41, 5.74) is 1.81. The van der Waals surface area contributed by atoms with Gasteiger partial charge in [0.25, 0.3) is 0 Å². The van der Waals surface area contributed by atoms with Crippen molar-refractivity contribution in [2.24, 2.45) is 0 Å². The summed E-state index contributed by atoms with van der Waals surface area (Å²) in [6, 6.07) is 20.7. The lowest BCUT2D eigenvalue weighted by Crippen LogP contribution is -2.23. The van der Waals surface area contributed by atoms with Crippen LogP contribution < -0.4 is 4.90 Å². The van der Waals surface area contributed by atoms with E-state index in [0.29, 0.717) is 12.1 Å². The van der Waals surface area contributed by atoms with Crippen LogP contribution in [0.2, 0.25) is 0 Å². The van der Waals surface area contributed by atoms with E-state index >= 15 is 0 Å². The lowest BCUT2D eigenvalue weighted by molar-refractivity contribution is 0.624. The highest BCUT2D eigenvalue weighted by atomic mass is 19.1. The maximum atomic E-state index is 13.4. The van der Waals surface area contributed by atoms with Gasteiger partial charge < -0.3 is 4.90 Å². The highest BCUT2D eigenvalue weighted by molar-refractivity contribution is 5.94. The number of hydrogen-bond donors (Lipinski definition) is 0. The first kappa shape index (κ1) is 16.6. The van der Waals surface area contributed by atoms with Gasteiger partial charge >= 0.3 is 0 Å². The van der Waals surface area contributed by atoms with E-state index in [9.17, 15) is 4.39 Å². The van der Waals surface area contributed by atoms with E-state index in [1.807, 2.05) is 24.3 Å². The molecule has 0 fully saturated rings. The van der Waals surface area contributed by atoms with Crippen molar-refractivity contribution in [2.75, 3.05) is 18.0 Å². The van der Waals surface area contributed by atoms with E-state index in [4.69, 9.17) is 5.26 Å². The number of nitriles is 1. The molecule has 3 heteroatoms. The van der Waals surface area contributed by atoms with Crippen molar-refractivity contribution in [3.63, 3.8) is 0 Å². The molecule has 0 spiro atoms. The molecule has 0 aliphatic rings. The summed E-state index contributed by atoms with van der Waals surface area (Å²) in [5, 5.41) is 11.3. The molecule has 0 saturated heterocycles. The number of hydrogen-bond acceptors (Lipinski definition) is 2. The van der Waals surface area contributed by atoms with Gasteiger partial charge in [0.05, 0.1) is 12.1 Å². The van der Waals surface area contributed by atoms with Crippen LogP contribution in [0.25, 0.3) is 10.8 Å². The molecule has 0 N–H and O–H groups in total. The number of rotatable bonds is 3. The third-order valence-corrected chi connectivity index (χ3v) is 4.08. The van der Waals surface area contributed by atoms with E-state index in [-0.39, 0.29) is 5.56 Å². The molecule has 2 nitrogen and oxygen atoms in total. The maximum absolute atomic E-state index is 13.4. The SMILES string of the molecule is CCN(CC#Cc1ccc(F)c(C#N)c1)c1cccc2ccccc12. The van der Waals surface area contributed by atoms with Gasteiger partial charge in [-0.05, 0) is 36.6 Å². The Bertz CT molecular complexity index is 1000. The molecule has 0 aromatic heterocycles. The fourth-order valence-electron chi connectivity index (χ4n) is 2.78. The Morgan fingerprint density at radius 2 is 1.84 bits per heavy atom. The first-order valence-corrected chi connectivity index (χ1v) is 8.14. The van der Waals surface area contributed by atoms with Gasteiger partial charge in [0.1, 0.15) is 11.9 Å². The van der Waals surface area contributed by atoms with Crippen molar-refractivity contribution in [1.29, 1.82) is 5.26 Å². The highest BCUT2D eigenvalue weighted by Gasteiger charge is 2.07. The van der Waals surface area contributed by atoms with Crippen molar-refractivity contribution >= 4 is 16.5 Å². The molecular weight excluding hydrogens is 311 g/mol. The molecule has 122 valence electrons. The number of nitrogens with zero attached hydrogens (tertiary/aromatic N) is 2. The smallest absolute Gasteiger partial charge is 0.141 e. The first-order valence-electron chi connectivity index (χ1n) is 8.14. The van der Waals surface area contributed by atoms with Crippen LogP contribution in [0.15, 0.2) is 60.7 Å². The van der Waals surface area contributed by atoms with E-state index in [1.54, 1.807) is 6.07 Å². The number of benzene rings is 3. The minimum Gasteiger partial charge on any atom is -0.360 e. The normalized spacial score (nSPS) is 9.96. The molecule has 0 aliphatic carbocycles. The van der Waals surface area contributed by atoms with E-state index < -0.39 is 5.82 Å². The number of fused-ring (bicyclic) bond motifs is 1. The van der Waals surface area contributed by atoms with Crippen LogP contribution in [-0.2, 0) is 0 Å². The van der Waals surface area contributed by atoms with Crippen LogP contribution in [0.3, 0.4) is 0 Å². The zero-order valence-electron chi connectivity index (χ0n) is 14.0. The van der Waals surface area contributed by atoms with Crippen LogP contribution in [0.1, 0.15) is 18.1 Å². The summed E-state index contributed by atoms with van der Waals surface area (Å²) >= 11 is 0. The van der Waals surface area contributed by atoms with Gasteiger partial charge in [0, 0.05) is 23.2 Å². The molecular formula is C22H17FN2. The van der Waals surface area contributed by atoms with E-state index in [1.165, 1.54) is 22.9 Å². The molecule has 0 aliphatic heterocycles. The fraction of sp³-hybridized carbons (Fsp3) is 0.136. The van der Waals surface area contributed by atoms with E-state index in [0.717, 1.165) is 12.2 Å². The zero-order valence-corrected chi connectivity index (χ0v) is 14.0. The minimum absolute atomic E-state index is 0.0215. The summed E-state index contributed by atoms with van der Waals surface area (Å²) in [6.45, 7) is 3.48. The second-order valence-corrected chi connectivity index (χ2v) is 5.62. The standard InChI is InChI=1S/C22H17FN2/c1-2-25(22-11-5-9-18-8-3-4-10-20(18)22)14-6-7-17-12-13-21(23)19(15-17)16-24/h3-5,8-13,15H,2,14H2,1H3. The number of halogens is 1. The average Bonchev–Trinajstić information content (AvgIpc) is 2.66. The maximum Gasteiger partial charge on any atom is 0.141 e. The third kappa shape index (κ3) is 3.62. The topological polar surface area (TPSA) is 27.0 Å². The second-order valence-electron chi connectivity index (χ2n) is 5.62. The van der Waals surface area contributed by atoms with Crippen LogP contribution >= 0.6 is 0 Å². The Kier molecular flexibility index (Phi) is 4.97. The van der Waals surface area contributed by atoms with Gasteiger partial charge in [-0.3, -0.25) is 0 Å². The Hall–Kier alpha value is -3.30. The van der Waals surface area contributed by atoms with Crippen molar-refractivity contribution in [1.82, 2.24) is 0 Å². The van der Waals surface area contributed by atoms with Crippen LogP contribution in [0.4, 0.5) is 10.1 Å². The zero-order chi connectivity index (χ0) is 17.6. The molecule has 3 aromatic rings. The molecule has 0 atom stereocenters. The van der Waals surface area contributed by atoms with Crippen LogP contribution in [0, 0.1) is 29.0 Å². The van der Waals surface area contributed by atoms with Crippen molar-refractivity contribution in [3.05, 3.63) is 77.6 Å². The van der Waals surface area contributed by atoms with Gasteiger partial charge in [-0.15, -0.1) is 0 Å². The summed E-state index contributed by atoms with van der Waals surface area (Å²) in [6.07, 6.45) is 0. The molecule has 0 heterocycles. The van der Waals surface area contributed by atoms with Crippen LogP contribution in [0.5, 0.6) is 0 Å². The summed E-state index contributed by atoms with van der Waals surface area (Å²) in [4.78, 5) is 2.20. The Morgan fingerprint density at radius 3 is 2.64 bits per heavy atom. The lowest BCUT2D eigenvalue weighted by atomic mass is 10.1. The van der Waals surface area contributed by atoms with Gasteiger partial charge in [-0.25, -0.2) is 4.39 Å². The van der Waals surface area contributed by atoms with E-state index in [2.05, 4.69) is 47.9 Å². The largest absolute Gasteiger partial charge is 0.360 e. The lowest BCUT2D eigenvalue weighted by Gasteiger charge is -2.22. The second kappa shape index (κ2) is 7.51. The molecule has 3 rings (SSSR count). The summed E-state index contributed by atoms with van der Waals surface area (Å²) < 4.78 is 13.4. The Morgan fingerprint density at radius 1 is 1.04 bits per heavy atom. The fourth-order valence-corrected chi connectivity index (χ4v) is 2.78. The minimum atomic E-state index is -0.515. The first-order chi connectivity index (χ1) is 12.2. The number of anilines is 1. The van der Waals surface area contributed by atoms with Crippen LogP contribution in [-0.4, -0.2) is 13.1 Å². The molecule has 0 amide bonds. The predicted molar refractivity (Wildman–Crippen MR) is 99.8 cm³/mol. The highest BCUT2D eigenvalue weighted by Crippen LogP contribution is 2.26. The van der Waals surface area contributed by atoms with Gasteiger partial charge in [0.2, 0.25) is 0 Å². The Labute approximate surface area is 147 Å². The van der Waals surface area contributed by atoms with Crippen molar-refractivity contribution < 1.29 is 4.39 Å². The summed E-state index contributed by atoms with van der Waals surface area (Å²) in [5.74, 6) is 5.64. The molecule has 3 aromatic carbocycles. The summed E-state index contributed by atoms with van der Waals surface area (Å²) in [7, 11) is 0. The molecule has 0 saturated carbocycles. The van der Waals surface area contributed by atoms with Gasteiger partial charge in [-0.1, -0.05) is 48.2 Å². The van der Waals surface area contributed by atoms with Crippen molar-refractivity contribution in [3.8, 4) is 17.9 Å². The monoisotopic (exact) mass is 328 g/mol. The molecule has 0 bridgehead atoms.